The zero-order valence-corrected chi connectivity index (χ0v) is 33.2. The van der Waals surface area contributed by atoms with Gasteiger partial charge in [0.2, 0.25) is 0 Å². The van der Waals surface area contributed by atoms with Crippen LogP contribution in [0.2, 0.25) is 0 Å². The molecule has 0 amide bonds. The molecule has 286 valence electrons. The average Bonchev–Trinajstić information content (AvgIpc) is 3.58. The summed E-state index contributed by atoms with van der Waals surface area (Å²) in [6.45, 7) is 20.9. The molecule has 3 fully saturated rings. The van der Waals surface area contributed by atoms with Crippen LogP contribution in [-0.2, 0) is 19.1 Å². The first-order valence-electron chi connectivity index (χ1n) is 20.1. The summed E-state index contributed by atoms with van der Waals surface area (Å²) in [7, 11) is 0. The molecule has 1 aliphatic heterocycles. The van der Waals surface area contributed by atoms with Gasteiger partial charge in [-0.25, -0.2) is 0 Å². The van der Waals surface area contributed by atoms with E-state index < -0.39 is 11.2 Å². The molecule has 7 nitrogen and oxygen atoms in total. The Morgan fingerprint density at radius 1 is 0.776 bits per heavy atom. The summed E-state index contributed by atoms with van der Waals surface area (Å²) >= 11 is 0. The number of unbranched alkanes of at least 4 members (excludes halogenated alkanes) is 1. The van der Waals surface area contributed by atoms with Crippen LogP contribution in [0.15, 0.2) is 0 Å². The second-order valence-corrected chi connectivity index (χ2v) is 19.1. The van der Waals surface area contributed by atoms with Crippen molar-refractivity contribution >= 4 is 11.8 Å². The molecule has 3 N–H and O–H groups in total. The normalized spacial score (nSPS) is 34.3. The van der Waals surface area contributed by atoms with Crippen LogP contribution < -0.4 is 0 Å². The van der Waals surface area contributed by atoms with E-state index in [-0.39, 0.29) is 53.1 Å². The molecule has 3 aliphatic rings. The van der Waals surface area contributed by atoms with Crippen molar-refractivity contribution in [2.75, 3.05) is 6.61 Å². The molecule has 1 saturated heterocycles. The van der Waals surface area contributed by atoms with Crippen molar-refractivity contribution in [1.29, 1.82) is 0 Å². The molecule has 0 aromatic carbocycles. The van der Waals surface area contributed by atoms with Crippen LogP contribution in [0.1, 0.15) is 178 Å². The van der Waals surface area contributed by atoms with Gasteiger partial charge in [-0.1, -0.05) is 120 Å². The minimum absolute atomic E-state index is 0.0222. The highest BCUT2D eigenvalue weighted by Gasteiger charge is 2.76. The van der Waals surface area contributed by atoms with Gasteiger partial charge in [0, 0.05) is 32.1 Å². The van der Waals surface area contributed by atoms with Crippen LogP contribution in [-0.4, -0.2) is 62.7 Å². The van der Waals surface area contributed by atoms with E-state index in [0.717, 1.165) is 31.6 Å². The number of ketones is 1. The van der Waals surface area contributed by atoms with E-state index in [2.05, 4.69) is 62.3 Å². The standard InChI is InChI=1S/C42H76O7/c1-29(17-13-18-31(3)21-22-37-38(6,7)25-35(48-33(5)44)26-41(37,47)28-43)15-11-12-16-30(2)19-14-20-32(4)36(46)27-42-39(8,9)23-34(45)24-40(42,10)49-42/h29-32,34-35,37,43,45,47H,11-28H2,1-10H3/t29?,30?,31?,32?,34-,35-,37+,40+,41-,42-/m0/s1. The van der Waals surface area contributed by atoms with E-state index in [0.29, 0.717) is 49.7 Å². The number of hydrogen-bond acceptors (Lipinski definition) is 7. The number of Topliss-reactive ketones (excluding diaryl/α,β-unsaturated/α-hetero) is 1. The number of esters is 1. The van der Waals surface area contributed by atoms with Crippen molar-refractivity contribution in [1.82, 2.24) is 0 Å². The van der Waals surface area contributed by atoms with E-state index in [1.54, 1.807) is 0 Å². The number of carbonyl (C=O) groups excluding carboxylic acids is 2. The van der Waals surface area contributed by atoms with Crippen LogP contribution in [0.25, 0.3) is 0 Å². The Labute approximate surface area is 300 Å². The van der Waals surface area contributed by atoms with Crippen molar-refractivity contribution in [2.45, 2.75) is 207 Å². The summed E-state index contributed by atoms with van der Waals surface area (Å²) in [5.74, 6) is 2.03. The van der Waals surface area contributed by atoms with Gasteiger partial charge in [0.25, 0.3) is 0 Å². The first kappa shape index (κ1) is 42.4. The Bertz CT molecular complexity index is 1070. The van der Waals surface area contributed by atoms with Gasteiger partial charge in [0.15, 0.2) is 0 Å². The van der Waals surface area contributed by atoms with Crippen molar-refractivity contribution in [3.8, 4) is 0 Å². The molecule has 49 heavy (non-hydrogen) atoms. The van der Waals surface area contributed by atoms with Gasteiger partial charge in [-0.3, -0.25) is 9.59 Å². The number of rotatable bonds is 21. The van der Waals surface area contributed by atoms with Crippen molar-refractivity contribution in [3.05, 3.63) is 0 Å². The van der Waals surface area contributed by atoms with E-state index in [1.165, 1.54) is 58.3 Å². The third kappa shape index (κ3) is 11.0. The number of aliphatic hydroxyl groups excluding tert-OH is 2. The average molecular weight is 693 g/mol. The van der Waals surface area contributed by atoms with Crippen LogP contribution in [0.3, 0.4) is 0 Å². The number of fused-ring (bicyclic) bond motifs is 1. The number of ether oxygens (including phenoxy) is 2. The Morgan fingerprint density at radius 3 is 1.84 bits per heavy atom. The minimum atomic E-state index is -1.21. The molecule has 2 saturated carbocycles. The van der Waals surface area contributed by atoms with Gasteiger partial charge in [0.05, 0.1) is 23.9 Å². The summed E-state index contributed by atoms with van der Waals surface area (Å²) < 4.78 is 11.7. The van der Waals surface area contributed by atoms with Gasteiger partial charge in [-0.05, 0) is 67.1 Å². The van der Waals surface area contributed by atoms with Gasteiger partial charge < -0.3 is 24.8 Å². The first-order valence-corrected chi connectivity index (χ1v) is 20.1. The maximum absolute atomic E-state index is 13.2. The number of hydrogen-bond donors (Lipinski definition) is 3. The van der Waals surface area contributed by atoms with E-state index >= 15 is 0 Å². The molecule has 7 heteroatoms. The Balaban J connectivity index is 1.25. The van der Waals surface area contributed by atoms with Gasteiger partial charge in [-0.2, -0.15) is 0 Å². The minimum Gasteiger partial charge on any atom is -0.462 e. The summed E-state index contributed by atoms with van der Waals surface area (Å²) in [6.07, 6.45) is 16.1. The summed E-state index contributed by atoms with van der Waals surface area (Å²) in [6, 6.07) is 0. The number of epoxide rings is 1. The maximum atomic E-state index is 13.2. The second-order valence-electron chi connectivity index (χ2n) is 19.1. The molecule has 10 atom stereocenters. The van der Waals surface area contributed by atoms with Crippen LogP contribution in [0.5, 0.6) is 0 Å². The molecule has 4 unspecified atom stereocenters. The van der Waals surface area contributed by atoms with Gasteiger partial charge >= 0.3 is 5.97 Å². The summed E-state index contributed by atoms with van der Waals surface area (Å²) in [5, 5.41) is 31.8. The summed E-state index contributed by atoms with van der Waals surface area (Å²) in [4.78, 5) is 24.8. The van der Waals surface area contributed by atoms with E-state index in [1.807, 2.05) is 0 Å². The molecule has 2 aliphatic carbocycles. The molecular weight excluding hydrogens is 616 g/mol. The zero-order chi connectivity index (χ0) is 36.8. The molecule has 0 aromatic heterocycles. The highest BCUT2D eigenvalue weighted by Crippen LogP contribution is 2.67. The largest absolute Gasteiger partial charge is 0.462 e. The lowest BCUT2D eigenvalue weighted by Crippen LogP contribution is -2.56. The zero-order valence-electron chi connectivity index (χ0n) is 33.2. The molecule has 3 rings (SSSR count). The topological polar surface area (TPSA) is 117 Å². The third-order valence-corrected chi connectivity index (χ3v) is 13.5. The second kappa shape index (κ2) is 17.2. The lowest BCUT2D eigenvalue weighted by Gasteiger charge is -2.51. The SMILES string of the molecule is CC(=O)O[C@H]1CC(C)(C)[C@@H](CCC(C)CCCC(C)CCCCC(C)CCCC(C)C(=O)C[C@@]23O[C@]2(C)C[C@@H](O)CC3(C)C)[C@@](O)(CO)C1. The van der Waals surface area contributed by atoms with Crippen molar-refractivity contribution in [3.63, 3.8) is 0 Å². The maximum Gasteiger partial charge on any atom is 0.302 e. The quantitative estimate of drug-likeness (QED) is 0.0625. The molecular formula is C42H76O7. The highest BCUT2D eigenvalue weighted by atomic mass is 16.6. The smallest absolute Gasteiger partial charge is 0.302 e. The van der Waals surface area contributed by atoms with Crippen LogP contribution >= 0.6 is 0 Å². The fourth-order valence-corrected chi connectivity index (χ4v) is 10.4. The van der Waals surface area contributed by atoms with Crippen LogP contribution in [0, 0.1) is 40.4 Å². The predicted molar refractivity (Wildman–Crippen MR) is 197 cm³/mol. The predicted octanol–water partition coefficient (Wildman–Crippen LogP) is 8.97. The fourth-order valence-electron chi connectivity index (χ4n) is 10.4. The van der Waals surface area contributed by atoms with Gasteiger partial charge in [0.1, 0.15) is 17.5 Å². The number of aliphatic hydroxyl groups is 3. The Kier molecular flexibility index (Phi) is 14.9. The Hall–Kier alpha value is -1.02. The lowest BCUT2D eigenvalue weighted by molar-refractivity contribution is -0.183. The third-order valence-electron chi connectivity index (χ3n) is 13.5. The Morgan fingerprint density at radius 2 is 1.31 bits per heavy atom. The van der Waals surface area contributed by atoms with Gasteiger partial charge in [-0.15, -0.1) is 0 Å². The van der Waals surface area contributed by atoms with Crippen molar-refractivity contribution < 1.29 is 34.4 Å². The lowest BCUT2D eigenvalue weighted by atomic mass is 9.59. The highest BCUT2D eigenvalue weighted by molar-refractivity contribution is 5.82. The summed E-state index contributed by atoms with van der Waals surface area (Å²) in [5.41, 5.74) is -2.39. The monoisotopic (exact) mass is 693 g/mol. The fraction of sp³-hybridized carbons (Fsp3) is 0.952. The first-order chi connectivity index (χ1) is 22.7. The van der Waals surface area contributed by atoms with E-state index in [9.17, 15) is 24.9 Å². The van der Waals surface area contributed by atoms with Crippen LogP contribution in [0.4, 0.5) is 0 Å². The molecule has 1 heterocycles. The number of carbonyl (C=O) groups is 2. The molecule has 0 radical (unpaired) electrons. The van der Waals surface area contributed by atoms with Crippen molar-refractivity contribution in [2.24, 2.45) is 40.4 Å². The molecule has 0 spiro atoms. The molecule has 0 bridgehead atoms. The van der Waals surface area contributed by atoms with E-state index in [4.69, 9.17) is 9.47 Å². The molecule has 0 aromatic rings.